The number of hydrogen-bond acceptors (Lipinski definition) is 6. The average Bonchev–Trinajstić information content (AvgIpc) is 2.78. The van der Waals surface area contributed by atoms with Crippen molar-refractivity contribution < 1.29 is 14.3 Å². The summed E-state index contributed by atoms with van der Waals surface area (Å²) in [7, 11) is 3.00. The van der Waals surface area contributed by atoms with E-state index in [-0.39, 0.29) is 11.7 Å². The van der Waals surface area contributed by atoms with Crippen molar-refractivity contribution in [3.63, 3.8) is 0 Å². The molecule has 2 aromatic heterocycles. The molecule has 8 heteroatoms. The number of aromatic nitrogens is 2. The predicted octanol–water partition coefficient (Wildman–Crippen LogP) is 0.962. The summed E-state index contributed by atoms with van der Waals surface area (Å²) in [4.78, 5) is 23.9. The highest BCUT2D eigenvalue weighted by molar-refractivity contribution is 7.21. The van der Waals surface area contributed by atoms with Gasteiger partial charge < -0.3 is 15.8 Å². The van der Waals surface area contributed by atoms with E-state index in [1.807, 2.05) is 0 Å². The summed E-state index contributed by atoms with van der Waals surface area (Å²) in [6, 6.07) is 0. The third-order valence-corrected chi connectivity index (χ3v) is 3.61. The molecule has 0 aliphatic heterocycles. The molecule has 7 nitrogen and oxygen atoms in total. The standard InChI is InChI=1S/C10H12N4O3S/c1-4(15)12-6-5-8(11)13-14(2)9(5)18-7(6)10(16)17-3/h1-3H3,(H2,11,13)(H,12,15). The van der Waals surface area contributed by atoms with Gasteiger partial charge in [-0.15, -0.1) is 11.3 Å². The number of hydrogen-bond donors (Lipinski definition) is 2. The molecule has 0 aliphatic rings. The van der Waals surface area contributed by atoms with Crippen LogP contribution in [0.1, 0.15) is 16.6 Å². The molecule has 0 saturated heterocycles. The smallest absolute Gasteiger partial charge is 0.350 e. The fraction of sp³-hybridized carbons (Fsp3) is 0.300. The van der Waals surface area contributed by atoms with Crippen molar-refractivity contribution in [2.45, 2.75) is 6.92 Å². The quantitative estimate of drug-likeness (QED) is 0.790. The van der Waals surface area contributed by atoms with Gasteiger partial charge >= 0.3 is 5.97 Å². The number of nitrogens with two attached hydrogens (primary N) is 1. The number of aryl methyl sites for hydroxylation is 1. The van der Waals surface area contributed by atoms with Crippen LogP contribution in [-0.2, 0) is 16.6 Å². The van der Waals surface area contributed by atoms with E-state index >= 15 is 0 Å². The van der Waals surface area contributed by atoms with Crippen molar-refractivity contribution in [2.75, 3.05) is 18.2 Å². The van der Waals surface area contributed by atoms with Crippen LogP contribution < -0.4 is 11.1 Å². The number of nitrogen functional groups attached to an aromatic ring is 1. The Morgan fingerprint density at radius 3 is 2.72 bits per heavy atom. The Kier molecular flexibility index (Phi) is 2.95. The Morgan fingerprint density at radius 1 is 1.50 bits per heavy atom. The summed E-state index contributed by atoms with van der Waals surface area (Å²) < 4.78 is 6.25. The second-order valence-corrected chi connectivity index (χ2v) is 4.67. The lowest BCUT2D eigenvalue weighted by atomic mass is 10.3. The van der Waals surface area contributed by atoms with E-state index in [9.17, 15) is 9.59 Å². The monoisotopic (exact) mass is 268 g/mol. The van der Waals surface area contributed by atoms with Crippen LogP contribution in [-0.4, -0.2) is 28.8 Å². The number of nitrogens with zero attached hydrogens (tertiary/aromatic N) is 2. The molecule has 1 amide bonds. The highest BCUT2D eigenvalue weighted by atomic mass is 32.1. The SMILES string of the molecule is COC(=O)c1sc2c(c(N)nn2C)c1NC(C)=O. The molecule has 0 atom stereocenters. The molecule has 0 radical (unpaired) electrons. The Balaban J connectivity index is 2.73. The molecule has 0 aliphatic carbocycles. The number of methoxy groups -OCH3 is 1. The number of anilines is 2. The van der Waals surface area contributed by atoms with Crippen molar-refractivity contribution in [1.29, 1.82) is 0 Å². The molecule has 2 heterocycles. The molecule has 2 rings (SSSR count). The molecule has 0 fully saturated rings. The maximum Gasteiger partial charge on any atom is 0.350 e. The summed E-state index contributed by atoms with van der Waals surface area (Å²) in [6.07, 6.45) is 0. The summed E-state index contributed by atoms with van der Waals surface area (Å²) in [5.41, 5.74) is 6.14. The number of nitrogens with one attached hydrogen (secondary N) is 1. The van der Waals surface area contributed by atoms with Crippen molar-refractivity contribution in [3.05, 3.63) is 4.88 Å². The van der Waals surface area contributed by atoms with Gasteiger partial charge in [0, 0.05) is 14.0 Å². The van der Waals surface area contributed by atoms with Crippen LogP contribution >= 0.6 is 11.3 Å². The third-order valence-electron chi connectivity index (χ3n) is 2.37. The lowest BCUT2D eigenvalue weighted by Gasteiger charge is -2.03. The Labute approximate surface area is 107 Å². The Bertz CT molecular complexity index is 643. The Morgan fingerprint density at radius 2 is 2.17 bits per heavy atom. The van der Waals surface area contributed by atoms with Crippen LogP contribution in [0, 0.1) is 0 Å². The molecule has 0 saturated carbocycles. The third kappa shape index (κ3) is 1.80. The van der Waals surface area contributed by atoms with Crippen LogP contribution in [0.5, 0.6) is 0 Å². The lowest BCUT2D eigenvalue weighted by molar-refractivity contribution is -0.114. The average molecular weight is 268 g/mol. The van der Waals surface area contributed by atoms with Crippen LogP contribution in [0.15, 0.2) is 0 Å². The molecule has 96 valence electrons. The van der Waals surface area contributed by atoms with Gasteiger partial charge in [0.15, 0.2) is 5.82 Å². The van der Waals surface area contributed by atoms with Crippen molar-refractivity contribution in [1.82, 2.24) is 9.78 Å². The van der Waals surface area contributed by atoms with E-state index in [1.165, 1.54) is 25.4 Å². The van der Waals surface area contributed by atoms with Crippen molar-refractivity contribution in [3.8, 4) is 0 Å². The number of thiophene rings is 1. The second kappa shape index (κ2) is 4.30. The summed E-state index contributed by atoms with van der Waals surface area (Å²) in [6.45, 7) is 1.36. The first-order valence-corrected chi connectivity index (χ1v) is 5.88. The number of amides is 1. The zero-order valence-electron chi connectivity index (χ0n) is 10.1. The van der Waals surface area contributed by atoms with Gasteiger partial charge in [0.05, 0.1) is 18.2 Å². The second-order valence-electron chi connectivity index (χ2n) is 3.67. The summed E-state index contributed by atoms with van der Waals surface area (Å²) in [5.74, 6) is -0.537. The highest BCUT2D eigenvalue weighted by Gasteiger charge is 2.24. The zero-order valence-corrected chi connectivity index (χ0v) is 10.9. The minimum Gasteiger partial charge on any atom is -0.465 e. The minimum atomic E-state index is -0.514. The van der Waals surface area contributed by atoms with Crippen LogP contribution in [0.2, 0.25) is 0 Å². The molecular formula is C10H12N4O3S. The van der Waals surface area contributed by atoms with Gasteiger partial charge in [0.25, 0.3) is 0 Å². The van der Waals surface area contributed by atoms with Crippen molar-refractivity contribution in [2.24, 2.45) is 7.05 Å². The van der Waals surface area contributed by atoms with E-state index in [2.05, 4.69) is 15.2 Å². The first-order valence-electron chi connectivity index (χ1n) is 5.06. The normalized spacial score (nSPS) is 10.6. The van der Waals surface area contributed by atoms with Crippen molar-refractivity contribution >= 4 is 44.9 Å². The number of carbonyl (C=O) groups excluding carboxylic acids is 2. The fourth-order valence-corrected chi connectivity index (χ4v) is 2.77. The predicted molar refractivity (Wildman–Crippen MR) is 68.6 cm³/mol. The van der Waals surface area contributed by atoms with Crippen LogP contribution in [0.3, 0.4) is 0 Å². The van der Waals surface area contributed by atoms with Gasteiger partial charge in [-0.25, -0.2) is 4.79 Å². The van der Waals surface area contributed by atoms with Gasteiger partial charge in [-0.2, -0.15) is 5.10 Å². The van der Waals surface area contributed by atoms with Gasteiger partial charge in [-0.05, 0) is 0 Å². The van der Waals surface area contributed by atoms with Crippen LogP contribution in [0.4, 0.5) is 11.5 Å². The molecule has 2 aromatic rings. The number of carbonyl (C=O) groups is 2. The maximum atomic E-state index is 11.7. The summed E-state index contributed by atoms with van der Waals surface area (Å²) in [5, 5.41) is 7.22. The number of esters is 1. The van der Waals surface area contributed by atoms with E-state index in [1.54, 1.807) is 11.7 Å². The van der Waals surface area contributed by atoms with Gasteiger partial charge in [0.2, 0.25) is 5.91 Å². The molecule has 0 unspecified atom stereocenters. The molecular weight excluding hydrogens is 256 g/mol. The summed E-state index contributed by atoms with van der Waals surface area (Å²) >= 11 is 1.18. The van der Waals surface area contributed by atoms with E-state index in [4.69, 9.17) is 5.73 Å². The molecule has 0 spiro atoms. The number of ether oxygens (including phenoxy) is 1. The van der Waals surface area contributed by atoms with Gasteiger partial charge in [-0.3, -0.25) is 9.48 Å². The largest absolute Gasteiger partial charge is 0.465 e. The van der Waals surface area contributed by atoms with Crippen LogP contribution in [0.25, 0.3) is 10.2 Å². The molecule has 18 heavy (non-hydrogen) atoms. The first-order chi connectivity index (χ1) is 8.45. The zero-order chi connectivity index (χ0) is 13.4. The Hall–Kier alpha value is -2.09. The topological polar surface area (TPSA) is 99.2 Å². The van der Waals surface area contributed by atoms with Gasteiger partial charge in [0.1, 0.15) is 9.71 Å². The maximum absolute atomic E-state index is 11.7. The van der Waals surface area contributed by atoms with E-state index in [0.29, 0.717) is 20.8 Å². The van der Waals surface area contributed by atoms with E-state index in [0.717, 1.165) is 0 Å². The highest BCUT2D eigenvalue weighted by Crippen LogP contribution is 2.39. The van der Waals surface area contributed by atoms with Gasteiger partial charge in [-0.1, -0.05) is 0 Å². The van der Waals surface area contributed by atoms with E-state index < -0.39 is 5.97 Å². The molecule has 3 N–H and O–H groups in total. The molecule has 0 aromatic carbocycles. The fourth-order valence-electron chi connectivity index (χ4n) is 1.67. The first kappa shape index (κ1) is 12.4. The number of fused-ring (bicyclic) bond motifs is 1. The molecule has 0 bridgehead atoms. The number of rotatable bonds is 2. The minimum absolute atomic E-state index is 0.266. The lowest BCUT2D eigenvalue weighted by Crippen LogP contribution is -2.10.